The van der Waals surface area contributed by atoms with Gasteiger partial charge in [0.25, 0.3) is 0 Å². The molecule has 2 heteroatoms. The van der Waals surface area contributed by atoms with Gasteiger partial charge in [-0.25, -0.2) is 0 Å². The van der Waals surface area contributed by atoms with E-state index in [1.165, 1.54) is 38.5 Å². The van der Waals surface area contributed by atoms with Gasteiger partial charge in [0.15, 0.2) is 0 Å². The van der Waals surface area contributed by atoms with Gasteiger partial charge in [-0.2, -0.15) is 0 Å². The van der Waals surface area contributed by atoms with E-state index in [4.69, 9.17) is 0 Å². The van der Waals surface area contributed by atoms with Crippen molar-refractivity contribution in [3.05, 3.63) is 0 Å². The maximum absolute atomic E-state index is 12.2. The highest BCUT2D eigenvalue weighted by Gasteiger charge is 2.37. The Kier molecular flexibility index (Phi) is 5.40. The molecule has 0 aromatic carbocycles. The largest absolute Gasteiger partial charge is 0.299 e. The van der Waals surface area contributed by atoms with Crippen molar-refractivity contribution in [2.75, 3.05) is 0 Å². The topological polar surface area (TPSA) is 34.1 Å². The van der Waals surface area contributed by atoms with Crippen molar-refractivity contribution in [3.8, 4) is 0 Å². The Bertz CT molecular complexity index is 295. The summed E-state index contributed by atoms with van der Waals surface area (Å²) in [7, 11) is 0. The summed E-state index contributed by atoms with van der Waals surface area (Å²) in [6.45, 7) is 0. The second-order valence-corrected chi connectivity index (χ2v) is 6.05. The molecule has 2 rings (SSSR count). The van der Waals surface area contributed by atoms with Crippen LogP contribution in [-0.2, 0) is 9.59 Å². The fourth-order valence-corrected chi connectivity index (χ4v) is 3.57. The highest BCUT2D eigenvalue weighted by Crippen LogP contribution is 2.34. The van der Waals surface area contributed by atoms with Crippen LogP contribution >= 0.6 is 0 Å². The molecule has 0 aliphatic heterocycles. The van der Waals surface area contributed by atoms with Crippen molar-refractivity contribution >= 4 is 11.6 Å². The molecule has 0 heterocycles. The van der Waals surface area contributed by atoms with Gasteiger partial charge in [-0.1, -0.05) is 44.9 Å². The molecule has 0 amide bonds. The van der Waals surface area contributed by atoms with Crippen LogP contribution in [0, 0.1) is 11.8 Å². The smallest absolute Gasteiger partial charge is 0.136 e. The Morgan fingerprint density at radius 2 is 1.06 bits per heavy atom. The maximum atomic E-state index is 12.2. The number of hydrogen-bond donors (Lipinski definition) is 0. The van der Waals surface area contributed by atoms with E-state index in [-0.39, 0.29) is 11.8 Å². The van der Waals surface area contributed by atoms with Gasteiger partial charge in [-0.3, -0.25) is 9.59 Å². The lowest BCUT2D eigenvalue weighted by atomic mass is 9.85. The molecule has 0 radical (unpaired) electrons. The Morgan fingerprint density at radius 3 is 1.78 bits per heavy atom. The lowest BCUT2D eigenvalue weighted by molar-refractivity contribution is -0.128. The molecule has 2 fully saturated rings. The molecule has 0 N–H and O–H groups in total. The molecule has 0 bridgehead atoms. The molecule has 0 aromatic rings. The van der Waals surface area contributed by atoms with E-state index in [2.05, 4.69) is 0 Å². The zero-order valence-corrected chi connectivity index (χ0v) is 11.5. The molecule has 2 aliphatic carbocycles. The normalized spacial score (nSPS) is 32.2. The highest BCUT2D eigenvalue weighted by atomic mass is 16.1. The van der Waals surface area contributed by atoms with E-state index >= 15 is 0 Å². The van der Waals surface area contributed by atoms with Crippen molar-refractivity contribution < 1.29 is 9.59 Å². The first-order valence-corrected chi connectivity index (χ1v) is 7.84. The van der Waals surface area contributed by atoms with E-state index in [0.717, 1.165) is 25.7 Å². The molecule has 18 heavy (non-hydrogen) atoms. The molecule has 2 aliphatic rings. The highest BCUT2D eigenvalue weighted by molar-refractivity contribution is 5.92. The van der Waals surface area contributed by atoms with E-state index < -0.39 is 0 Å². The van der Waals surface area contributed by atoms with Gasteiger partial charge in [0.1, 0.15) is 11.6 Å². The summed E-state index contributed by atoms with van der Waals surface area (Å²) in [5, 5.41) is 0. The molecule has 2 unspecified atom stereocenters. The molecule has 2 nitrogen and oxygen atoms in total. The van der Waals surface area contributed by atoms with Crippen molar-refractivity contribution in [3.63, 3.8) is 0 Å². The Hall–Kier alpha value is -0.660. The molecular formula is C16H26O2. The standard InChI is InChI=1S/C16H26O2/c17-15-10-8-6-4-2-1-3-5-7-9-13-14(15)11-12-16(13)18/h13-14H,1-12H2. The number of fused-ring (bicyclic) bond motifs is 1. The number of Topliss-reactive ketones (excluding diaryl/α,β-unsaturated/α-hetero) is 2. The van der Waals surface area contributed by atoms with Crippen LogP contribution in [0.4, 0.5) is 0 Å². The number of carbonyl (C=O) groups is 2. The molecule has 0 saturated heterocycles. The van der Waals surface area contributed by atoms with Crippen LogP contribution in [0.1, 0.15) is 77.0 Å². The summed E-state index contributed by atoms with van der Waals surface area (Å²) in [4.78, 5) is 24.1. The number of carbonyl (C=O) groups excluding carboxylic acids is 2. The first-order chi connectivity index (χ1) is 8.79. The van der Waals surface area contributed by atoms with Crippen LogP contribution < -0.4 is 0 Å². The van der Waals surface area contributed by atoms with E-state index in [1.54, 1.807) is 0 Å². The zero-order chi connectivity index (χ0) is 12.8. The van der Waals surface area contributed by atoms with Gasteiger partial charge >= 0.3 is 0 Å². The van der Waals surface area contributed by atoms with Gasteiger partial charge < -0.3 is 0 Å². The third-order valence-electron chi connectivity index (χ3n) is 4.70. The van der Waals surface area contributed by atoms with E-state index in [9.17, 15) is 9.59 Å². The monoisotopic (exact) mass is 250 g/mol. The predicted molar refractivity (Wildman–Crippen MR) is 72.4 cm³/mol. The van der Waals surface area contributed by atoms with Crippen LogP contribution in [0.25, 0.3) is 0 Å². The lowest BCUT2D eigenvalue weighted by Gasteiger charge is -2.17. The minimum Gasteiger partial charge on any atom is -0.299 e. The average molecular weight is 250 g/mol. The van der Waals surface area contributed by atoms with Gasteiger partial charge in [-0.05, 0) is 19.3 Å². The summed E-state index contributed by atoms with van der Waals surface area (Å²) in [5.41, 5.74) is 0. The lowest BCUT2D eigenvalue weighted by Crippen LogP contribution is -2.22. The fraction of sp³-hybridized carbons (Fsp3) is 0.875. The van der Waals surface area contributed by atoms with Gasteiger partial charge in [0, 0.05) is 24.7 Å². The zero-order valence-electron chi connectivity index (χ0n) is 11.5. The summed E-state index contributed by atoms with van der Waals surface area (Å²) in [5.74, 6) is 0.907. The number of ketones is 2. The summed E-state index contributed by atoms with van der Waals surface area (Å²) in [6, 6.07) is 0. The second kappa shape index (κ2) is 7.06. The van der Waals surface area contributed by atoms with Gasteiger partial charge in [0.05, 0.1) is 0 Å². The van der Waals surface area contributed by atoms with Crippen molar-refractivity contribution in [1.82, 2.24) is 0 Å². The van der Waals surface area contributed by atoms with Crippen LogP contribution in [-0.4, -0.2) is 11.6 Å². The summed E-state index contributed by atoms with van der Waals surface area (Å²) in [6.07, 6.45) is 13.0. The first-order valence-electron chi connectivity index (χ1n) is 7.84. The summed E-state index contributed by atoms with van der Waals surface area (Å²) < 4.78 is 0. The van der Waals surface area contributed by atoms with Crippen LogP contribution in [0.3, 0.4) is 0 Å². The second-order valence-electron chi connectivity index (χ2n) is 6.05. The molecule has 102 valence electrons. The SMILES string of the molecule is O=C1CCC2C(=O)CCCCCCCCCCC12. The Morgan fingerprint density at radius 1 is 0.556 bits per heavy atom. The molecule has 0 spiro atoms. The third kappa shape index (κ3) is 3.66. The number of hydrogen-bond acceptors (Lipinski definition) is 2. The average Bonchev–Trinajstić information content (AvgIpc) is 2.73. The van der Waals surface area contributed by atoms with E-state index in [1.807, 2.05) is 0 Å². The third-order valence-corrected chi connectivity index (χ3v) is 4.70. The Labute approximate surface area is 111 Å². The minimum absolute atomic E-state index is 0.0817. The molecular weight excluding hydrogens is 224 g/mol. The quantitative estimate of drug-likeness (QED) is 0.649. The van der Waals surface area contributed by atoms with Crippen LogP contribution in [0.15, 0.2) is 0 Å². The minimum atomic E-state index is 0.0817. The van der Waals surface area contributed by atoms with Gasteiger partial charge in [-0.15, -0.1) is 0 Å². The van der Waals surface area contributed by atoms with Crippen molar-refractivity contribution in [1.29, 1.82) is 0 Å². The van der Waals surface area contributed by atoms with Crippen LogP contribution in [0.5, 0.6) is 0 Å². The van der Waals surface area contributed by atoms with Crippen molar-refractivity contribution in [2.45, 2.75) is 77.0 Å². The van der Waals surface area contributed by atoms with E-state index in [0.29, 0.717) is 24.4 Å². The number of rotatable bonds is 0. The summed E-state index contributed by atoms with van der Waals surface area (Å²) >= 11 is 0. The molecule has 0 aromatic heterocycles. The first kappa shape index (κ1) is 13.8. The Balaban J connectivity index is 1.94. The maximum Gasteiger partial charge on any atom is 0.136 e. The molecule has 2 atom stereocenters. The van der Waals surface area contributed by atoms with Crippen molar-refractivity contribution in [2.24, 2.45) is 11.8 Å². The molecule has 2 saturated carbocycles. The van der Waals surface area contributed by atoms with Gasteiger partial charge in [0.2, 0.25) is 0 Å². The fourth-order valence-electron chi connectivity index (χ4n) is 3.57. The predicted octanol–water partition coefficient (Wildman–Crippen LogP) is 4.07. The van der Waals surface area contributed by atoms with Crippen LogP contribution in [0.2, 0.25) is 0 Å².